The van der Waals surface area contributed by atoms with Crippen LogP contribution in [0.15, 0.2) is 11.1 Å². The Bertz CT molecular complexity index is 538. The lowest BCUT2D eigenvalue weighted by molar-refractivity contribution is 0.0690. The molecular weight excluding hydrogens is 220 g/mol. The minimum atomic E-state index is -1.18. The second-order valence-electron chi connectivity index (χ2n) is 2.68. The van der Waals surface area contributed by atoms with E-state index in [1.807, 2.05) is 0 Å². The van der Waals surface area contributed by atoms with E-state index >= 15 is 0 Å². The summed E-state index contributed by atoms with van der Waals surface area (Å²) in [4.78, 5) is 18.2. The zero-order valence-corrected chi connectivity index (χ0v) is 8.10. The summed E-state index contributed by atoms with van der Waals surface area (Å²) in [5.41, 5.74) is -0.190. The van der Waals surface area contributed by atoms with Crippen LogP contribution in [0, 0.1) is 0 Å². The van der Waals surface area contributed by atoms with E-state index in [4.69, 9.17) is 22.8 Å². The fourth-order valence-electron chi connectivity index (χ4n) is 1.06. The number of hydrogen-bond acceptors (Lipinski definition) is 5. The lowest BCUT2D eigenvalue weighted by Gasteiger charge is -1.96. The Morgan fingerprint density at radius 1 is 1.53 bits per heavy atom. The third-order valence-corrected chi connectivity index (χ3v) is 1.97. The maximum atomic E-state index is 10.7. The number of rotatable bonds is 2. The van der Waals surface area contributed by atoms with Crippen molar-refractivity contribution in [2.24, 2.45) is 0 Å². The summed E-state index contributed by atoms with van der Waals surface area (Å²) >= 11 is 4.90. The van der Waals surface area contributed by atoms with Crippen molar-refractivity contribution in [3.8, 4) is 0 Å². The van der Waals surface area contributed by atoms with E-state index in [0.29, 0.717) is 0 Å². The highest BCUT2D eigenvalue weighted by Gasteiger charge is 2.12. The van der Waals surface area contributed by atoms with Crippen molar-refractivity contribution >= 4 is 24.4 Å². The molecule has 0 bridgehead atoms. The van der Waals surface area contributed by atoms with Gasteiger partial charge in [0.05, 0.1) is 0 Å². The van der Waals surface area contributed by atoms with Gasteiger partial charge < -0.3 is 10.2 Å². The summed E-state index contributed by atoms with van der Waals surface area (Å²) < 4.78 is 1.20. The largest absolute Gasteiger partial charge is 0.477 e. The normalized spacial score (nSPS) is 10.7. The summed E-state index contributed by atoms with van der Waals surface area (Å²) in [7, 11) is 0. The SMILES string of the molecule is O=C(O)c1cc([S])n2nc(CO)nc2n1. The van der Waals surface area contributed by atoms with Gasteiger partial charge in [0.2, 0.25) is 0 Å². The number of carboxylic acids is 1. The first-order valence-electron chi connectivity index (χ1n) is 3.89. The molecule has 0 saturated heterocycles. The van der Waals surface area contributed by atoms with Gasteiger partial charge in [-0.15, -0.1) is 5.10 Å². The molecule has 0 saturated carbocycles. The average Bonchev–Trinajstić information content (AvgIpc) is 2.61. The Morgan fingerprint density at radius 3 is 2.87 bits per heavy atom. The Hall–Kier alpha value is -1.80. The van der Waals surface area contributed by atoms with Crippen LogP contribution < -0.4 is 0 Å². The third-order valence-electron chi connectivity index (χ3n) is 1.68. The predicted octanol–water partition coefficient (Wildman–Crippen LogP) is -0.129. The fraction of sp³-hybridized carbons (Fsp3) is 0.143. The van der Waals surface area contributed by atoms with Gasteiger partial charge in [-0.2, -0.15) is 9.50 Å². The molecule has 2 aromatic rings. The molecule has 2 N–H and O–H groups in total. The highest BCUT2D eigenvalue weighted by molar-refractivity contribution is 7.80. The van der Waals surface area contributed by atoms with Gasteiger partial charge in [-0.25, -0.2) is 9.78 Å². The van der Waals surface area contributed by atoms with Gasteiger partial charge in [0, 0.05) is 6.07 Å². The first-order valence-corrected chi connectivity index (χ1v) is 4.30. The van der Waals surface area contributed by atoms with Gasteiger partial charge in [-0.05, 0) is 0 Å². The molecule has 8 heteroatoms. The number of aromatic nitrogens is 4. The lowest BCUT2D eigenvalue weighted by atomic mass is 10.4. The third kappa shape index (κ3) is 1.60. The van der Waals surface area contributed by atoms with Gasteiger partial charge in [-0.3, -0.25) is 0 Å². The maximum absolute atomic E-state index is 10.7. The van der Waals surface area contributed by atoms with Crippen LogP contribution in [-0.4, -0.2) is 35.8 Å². The van der Waals surface area contributed by atoms with E-state index < -0.39 is 5.97 Å². The minimum Gasteiger partial charge on any atom is -0.477 e. The van der Waals surface area contributed by atoms with E-state index in [0.717, 1.165) is 0 Å². The van der Waals surface area contributed by atoms with Crippen LogP contribution in [-0.2, 0) is 6.61 Å². The second kappa shape index (κ2) is 3.41. The average molecular weight is 225 g/mol. The summed E-state index contributed by atoms with van der Waals surface area (Å²) in [5, 5.41) is 21.5. The van der Waals surface area contributed by atoms with Crippen LogP contribution in [0.4, 0.5) is 0 Å². The summed E-state index contributed by atoms with van der Waals surface area (Å²) in [6, 6.07) is 1.21. The number of hydrogen-bond donors (Lipinski definition) is 2. The van der Waals surface area contributed by atoms with Crippen LogP contribution in [0.1, 0.15) is 16.3 Å². The van der Waals surface area contributed by atoms with Crippen LogP contribution in [0.25, 0.3) is 5.78 Å². The number of fused-ring (bicyclic) bond motifs is 1. The van der Waals surface area contributed by atoms with Crippen LogP contribution in [0.3, 0.4) is 0 Å². The maximum Gasteiger partial charge on any atom is 0.354 e. The van der Waals surface area contributed by atoms with Crippen LogP contribution in [0.2, 0.25) is 0 Å². The smallest absolute Gasteiger partial charge is 0.354 e. The van der Waals surface area contributed by atoms with Gasteiger partial charge in [0.15, 0.2) is 11.5 Å². The molecule has 0 spiro atoms. The number of aromatic carboxylic acids is 1. The van der Waals surface area contributed by atoms with E-state index in [1.54, 1.807) is 0 Å². The van der Waals surface area contributed by atoms with Gasteiger partial charge in [0.1, 0.15) is 11.6 Å². The van der Waals surface area contributed by atoms with Gasteiger partial charge >= 0.3 is 5.97 Å². The van der Waals surface area contributed by atoms with E-state index in [9.17, 15) is 4.79 Å². The van der Waals surface area contributed by atoms with Crippen molar-refractivity contribution < 1.29 is 15.0 Å². The molecule has 2 aromatic heterocycles. The molecule has 0 aromatic carbocycles. The first kappa shape index (κ1) is 9.74. The molecule has 7 nitrogen and oxygen atoms in total. The molecule has 15 heavy (non-hydrogen) atoms. The van der Waals surface area contributed by atoms with Crippen molar-refractivity contribution in [3.63, 3.8) is 0 Å². The number of nitrogens with zero attached hydrogens (tertiary/aromatic N) is 4. The number of aliphatic hydroxyl groups is 1. The molecule has 2 heterocycles. The zero-order chi connectivity index (χ0) is 11.0. The highest BCUT2D eigenvalue weighted by Crippen LogP contribution is 2.10. The number of carboxylic acid groups (broad SMARTS) is 1. The molecule has 0 aliphatic rings. The molecule has 2 rings (SSSR count). The van der Waals surface area contributed by atoms with Gasteiger partial charge in [-0.1, -0.05) is 12.6 Å². The van der Waals surface area contributed by atoms with Crippen molar-refractivity contribution in [3.05, 3.63) is 17.6 Å². The quantitative estimate of drug-likeness (QED) is 0.690. The Morgan fingerprint density at radius 2 is 2.27 bits per heavy atom. The summed E-state index contributed by atoms with van der Waals surface area (Å²) in [6.07, 6.45) is 0. The van der Waals surface area contributed by atoms with Crippen molar-refractivity contribution in [2.45, 2.75) is 11.6 Å². The molecule has 0 fully saturated rings. The molecule has 77 valence electrons. The van der Waals surface area contributed by atoms with Gasteiger partial charge in [0.25, 0.3) is 5.78 Å². The van der Waals surface area contributed by atoms with Crippen molar-refractivity contribution in [2.75, 3.05) is 0 Å². The molecule has 0 atom stereocenters. The van der Waals surface area contributed by atoms with Crippen molar-refractivity contribution in [1.29, 1.82) is 0 Å². The molecule has 0 unspecified atom stereocenters. The first-order chi connectivity index (χ1) is 7.11. The molecule has 0 amide bonds. The molecule has 1 radical (unpaired) electrons. The summed E-state index contributed by atoms with van der Waals surface area (Å²) in [5.74, 6) is -0.961. The topological polar surface area (TPSA) is 101 Å². The number of carbonyl (C=O) groups is 1. The Labute approximate surface area is 88.8 Å². The highest BCUT2D eigenvalue weighted by atomic mass is 32.1. The van der Waals surface area contributed by atoms with Crippen LogP contribution >= 0.6 is 12.6 Å². The summed E-state index contributed by atoms with van der Waals surface area (Å²) in [6.45, 7) is -0.347. The lowest BCUT2D eigenvalue weighted by Crippen LogP contribution is -2.04. The van der Waals surface area contributed by atoms with E-state index in [-0.39, 0.29) is 28.9 Å². The Balaban J connectivity index is 2.70. The molecule has 0 aliphatic carbocycles. The Kier molecular flexibility index (Phi) is 2.21. The second-order valence-corrected chi connectivity index (χ2v) is 3.10. The monoisotopic (exact) mass is 225 g/mol. The van der Waals surface area contributed by atoms with Crippen LogP contribution in [0.5, 0.6) is 0 Å². The van der Waals surface area contributed by atoms with E-state index in [1.165, 1.54) is 10.6 Å². The standard InChI is InChI=1S/C7H5N4O3S/c12-2-4-9-7-8-3(6(13)14)1-5(15)11(7)10-4/h1,12H,2H2,(H,13,14). The molecule has 0 aliphatic heterocycles. The number of aliphatic hydroxyl groups excluding tert-OH is 1. The zero-order valence-electron chi connectivity index (χ0n) is 7.28. The minimum absolute atomic E-state index is 0.0731. The predicted molar refractivity (Wildman–Crippen MR) is 49.5 cm³/mol. The fourth-order valence-corrected chi connectivity index (χ4v) is 1.29. The van der Waals surface area contributed by atoms with Crippen molar-refractivity contribution in [1.82, 2.24) is 19.6 Å². The molecular formula is C7H5N4O3S. The van der Waals surface area contributed by atoms with E-state index in [2.05, 4.69) is 15.1 Å².